The van der Waals surface area contributed by atoms with E-state index in [1.54, 1.807) is 0 Å². The van der Waals surface area contributed by atoms with Crippen molar-refractivity contribution in [3.05, 3.63) is 0 Å². The van der Waals surface area contributed by atoms with Crippen molar-refractivity contribution in [2.45, 2.75) is 25.5 Å². The molecule has 2 aliphatic heterocycles. The molecule has 7 heteroatoms. The van der Waals surface area contributed by atoms with Gasteiger partial charge < -0.3 is 10.2 Å². The van der Waals surface area contributed by atoms with Crippen LogP contribution in [0.5, 0.6) is 0 Å². The second-order valence-corrected chi connectivity index (χ2v) is 4.14. The Morgan fingerprint density at radius 3 is 2.88 bits per heavy atom. The maximum atomic E-state index is 12.2. The van der Waals surface area contributed by atoms with E-state index in [1.807, 2.05) is 0 Å². The second-order valence-electron chi connectivity index (χ2n) is 4.14. The summed E-state index contributed by atoms with van der Waals surface area (Å²) in [6.45, 7) is 3.68. The fourth-order valence-corrected chi connectivity index (χ4v) is 2.03. The lowest BCUT2D eigenvalue weighted by Gasteiger charge is -2.33. The van der Waals surface area contributed by atoms with Crippen LogP contribution in [0.2, 0.25) is 0 Å². The monoisotopic (exact) mass is 243 g/mol. The molecule has 17 heavy (non-hydrogen) atoms. The van der Waals surface area contributed by atoms with Crippen molar-refractivity contribution in [3.8, 4) is 0 Å². The van der Waals surface area contributed by atoms with Gasteiger partial charge in [-0.25, -0.2) is 5.48 Å². The van der Waals surface area contributed by atoms with Crippen LogP contribution in [-0.2, 0) is 19.3 Å². The molecule has 2 aliphatic rings. The summed E-state index contributed by atoms with van der Waals surface area (Å²) in [5.74, 6) is -0.460. The number of Topliss-reactive ketones (excluding diaryl/α,β-unsaturated/α-hetero) is 1. The van der Waals surface area contributed by atoms with Gasteiger partial charge in [0, 0.05) is 33.1 Å². The minimum absolute atomic E-state index is 0.0524. The Balaban J connectivity index is 1.99. The van der Waals surface area contributed by atoms with Crippen LogP contribution in [-0.4, -0.2) is 55.1 Å². The first-order chi connectivity index (χ1) is 8.18. The van der Waals surface area contributed by atoms with Crippen LogP contribution < -0.4 is 10.8 Å². The highest BCUT2D eigenvalue weighted by molar-refractivity contribution is 5.88. The third kappa shape index (κ3) is 3.01. The van der Waals surface area contributed by atoms with Crippen molar-refractivity contribution < 1.29 is 19.3 Å². The van der Waals surface area contributed by atoms with Crippen LogP contribution >= 0.6 is 0 Å². The fraction of sp³-hybridized carbons (Fsp3) is 0.800. The average molecular weight is 243 g/mol. The number of carbonyl (C=O) groups excluding carboxylic acids is 2. The molecule has 0 spiro atoms. The molecule has 0 aromatic carbocycles. The van der Waals surface area contributed by atoms with E-state index >= 15 is 0 Å². The Bertz CT molecular complexity index is 304. The van der Waals surface area contributed by atoms with Crippen LogP contribution in [0.1, 0.15) is 13.3 Å². The van der Waals surface area contributed by atoms with Gasteiger partial charge >= 0.3 is 5.97 Å². The molecular weight excluding hydrogens is 226 g/mol. The van der Waals surface area contributed by atoms with Gasteiger partial charge in [-0.3, -0.25) is 14.4 Å². The van der Waals surface area contributed by atoms with Gasteiger partial charge in [0.1, 0.15) is 12.1 Å². The van der Waals surface area contributed by atoms with E-state index < -0.39 is 18.1 Å². The number of rotatable bonds is 3. The smallest absolute Gasteiger partial charge is 0.322 e. The summed E-state index contributed by atoms with van der Waals surface area (Å²) in [5.41, 5.74) is 2.68. The van der Waals surface area contributed by atoms with Crippen molar-refractivity contribution in [2.75, 3.05) is 26.2 Å². The van der Waals surface area contributed by atoms with Gasteiger partial charge in [0.05, 0.1) is 0 Å². The van der Waals surface area contributed by atoms with Gasteiger partial charge in [-0.2, -0.15) is 0 Å². The number of carbonyl (C=O) groups is 2. The van der Waals surface area contributed by atoms with Crippen LogP contribution in [0, 0.1) is 0 Å². The van der Waals surface area contributed by atoms with Crippen molar-refractivity contribution >= 4 is 11.8 Å². The number of piperazine rings is 1. The van der Waals surface area contributed by atoms with Gasteiger partial charge in [-0.05, 0) is 6.42 Å². The highest BCUT2D eigenvalue weighted by Crippen LogP contribution is 2.13. The zero-order valence-electron chi connectivity index (χ0n) is 9.77. The average Bonchev–Trinajstić information content (AvgIpc) is 2.81. The zero-order chi connectivity index (χ0) is 12.3. The topological polar surface area (TPSA) is 79.9 Å². The first kappa shape index (κ1) is 12.4. The number of nitrogens with zero attached hydrogens (tertiary/aromatic N) is 1. The molecule has 7 nitrogen and oxygen atoms in total. The van der Waals surface area contributed by atoms with E-state index in [1.165, 1.54) is 12.0 Å². The Morgan fingerprint density at radius 1 is 1.41 bits per heavy atom. The maximum Gasteiger partial charge on any atom is 0.322 e. The quantitative estimate of drug-likeness (QED) is 0.631. The summed E-state index contributed by atoms with van der Waals surface area (Å²) in [6.07, 6.45) is 0.210. The molecule has 0 aromatic heterocycles. The molecule has 2 atom stereocenters. The van der Waals surface area contributed by atoms with Crippen LogP contribution in [0.15, 0.2) is 0 Å². The Hall–Kier alpha value is -1.02. The van der Waals surface area contributed by atoms with Crippen molar-refractivity contribution in [1.29, 1.82) is 0 Å². The van der Waals surface area contributed by atoms with E-state index in [9.17, 15) is 9.59 Å². The molecule has 0 aromatic rings. The normalized spacial score (nSPS) is 30.2. The predicted octanol–water partition coefficient (Wildman–Crippen LogP) is -1.40. The van der Waals surface area contributed by atoms with Crippen LogP contribution in [0.25, 0.3) is 0 Å². The maximum absolute atomic E-state index is 12.2. The molecule has 0 radical (unpaired) electrons. The van der Waals surface area contributed by atoms with E-state index in [4.69, 9.17) is 9.68 Å². The SMILES string of the molecule is CC(=O)ON1CCNCC1C(=O)C1CCNO1. The van der Waals surface area contributed by atoms with Crippen molar-refractivity contribution in [2.24, 2.45) is 0 Å². The minimum Gasteiger partial charge on any atom is -0.367 e. The molecule has 2 unspecified atom stereocenters. The molecule has 2 saturated heterocycles. The van der Waals surface area contributed by atoms with E-state index in [0.29, 0.717) is 32.6 Å². The Kier molecular flexibility index (Phi) is 4.06. The molecule has 2 N–H and O–H groups in total. The van der Waals surface area contributed by atoms with Gasteiger partial charge in [0.2, 0.25) is 0 Å². The first-order valence-electron chi connectivity index (χ1n) is 5.76. The van der Waals surface area contributed by atoms with Crippen molar-refractivity contribution in [1.82, 2.24) is 15.9 Å². The summed E-state index contributed by atoms with van der Waals surface area (Å²) in [6, 6.07) is -0.461. The van der Waals surface area contributed by atoms with Crippen LogP contribution in [0.3, 0.4) is 0 Å². The summed E-state index contributed by atoms with van der Waals surface area (Å²) >= 11 is 0. The number of hydrogen-bond acceptors (Lipinski definition) is 7. The van der Waals surface area contributed by atoms with Gasteiger partial charge in [-0.15, -0.1) is 5.06 Å². The van der Waals surface area contributed by atoms with E-state index in [-0.39, 0.29) is 5.78 Å². The molecule has 0 aliphatic carbocycles. The largest absolute Gasteiger partial charge is 0.367 e. The summed E-state index contributed by atoms with van der Waals surface area (Å²) in [4.78, 5) is 33.3. The zero-order valence-corrected chi connectivity index (χ0v) is 9.77. The lowest BCUT2D eigenvalue weighted by Crippen LogP contribution is -2.57. The highest BCUT2D eigenvalue weighted by Gasteiger charge is 2.37. The third-order valence-electron chi connectivity index (χ3n) is 2.82. The van der Waals surface area contributed by atoms with E-state index in [2.05, 4.69) is 10.8 Å². The number of ketones is 1. The molecular formula is C10H17N3O4. The second kappa shape index (κ2) is 5.54. The fourth-order valence-electron chi connectivity index (χ4n) is 2.03. The summed E-state index contributed by atoms with van der Waals surface area (Å²) < 4.78 is 0. The van der Waals surface area contributed by atoms with Crippen LogP contribution in [0.4, 0.5) is 0 Å². The molecule has 2 heterocycles. The first-order valence-corrected chi connectivity index (χ1v) is 5.76. The van der Waals surface area contributed by atoms with Gasteiger partial charge in [-0.1, -0.05) is 0 Å². The number of hydroxylamine groups is 3. The molecule has 96 valence electrons. The standard InChI is InChI=1S/C10H17N3O4/c1-7(14)17-13-5-4-11-6-8(13)10(15)9-2-3-12-16-9/h8-9,11-12H,2-6H2,1H3. The molecule has 2 rings (SSSR count). The molecule has 0 amide bonds. The Labute approximate surface area is 99.3 Å². The number of nitrogens with one attached hydrogen (secondary N) is 2. The number of hydrogen-bond donors (Lipinski definition) is 2. The summed E-state index contributed by atoms with van der Waals surface area (Å²) in [5, 5.41) is 4.56. The minimum atomic E-state index is -0.461. The molecule has 0 bridgehead atoms. The molecule has 0 saturated carbocycles. The highest BCUT2D eigenvalue weighted by atomic mass is 16.7. The van der Waals surface area contributed by atoms with Crippen molar-refractivity contribution in [3.63, 3.8) is 0 Å². The Morgan fingerprint density at radius 2 is 2.24 bits per heavy atom. The third-order valence-corrected chi connectivity index (χ3v) is 2.82. The lowest BCUT2D eigenvalue weighted by molar-refractivity contribution is -0.205. The van der Waals surface area contributed by atoms with Gasteiger partial charge in [0.25, 0.3) is 0 Å². The molecule has 2 fully saturated rings. The predicted molar refractivity (Wildman–Crippen MR) is 57.6 cm³/mol. The van der Waals surface area contributed by atoms with E-state index in [0.717, 1.165) is 0 Å². The lowest BCUT2D eigenvalue weighted by atomic mass is 10.0. The van der Waals surface area contributed by atoms with Gasteiger partial charge in [0.15, 0.2) is 5.78 Å². The summed E-state index contributed by atoms with van der Waals surface area (Å²) in [7, 11) is 0.